The molecule has 4 rings (SSSR count). The van der Waals surface area contributed by atoms with E-state index in [9.17, 15) is 4.79 Å². The molecule has 0 aliphatic rings. The number of rotatable bonds is 6. The van der Waals surface area contributed by atoms with E-state index >= 15 is 0 Å². The van der Waals surface area contributed by atoms with Gasteiger partial charge in [-0.1, -0.05) is 12.1 Å². The lowest BCUT2D eigenvalue weighted by Gasteiger charge is -2.09. The first kappa shape index (κ1) is 19.6. The maximum Gasteiger partial charge on any atom is 0.255 e. The quantitative estimate of drug-likeness (QED) is 0.470. The van der Waals surface area contributed by atoms with Crippen molar-refractivity contribution >= 4 is 22.9 Å². The maximum absolute atomic E-state index is 12.6. The number of methoxy groups -OCH3 is 2. The molecule has 0 saturated heterocycles. The number of nitrogens with zero attached hydrogens (tertiary/aromatic N) is 2. The molecule has 30 heavy (non-hydrogen) atoms. The van der Waals surface area contributed by atoms with E-state index in [0.717, 1.165) is 21.8 Å². The summed E-state index contributed by atoms with van der Waals surface area (Å²) < 4.78 is 10.5. The monoisotopic (exact) mass is 417 g/mol. The summed E-state index contributed by atoms with van der Waals surface area (Å²) >= 11 is 1.58. The van der Waals surface area contributed by atoms with Crippen LogP contribution in [0.2, 0.25) is 0 Å². The lowest BCUT2D eigenvalue weighted by molar-refractivity contribution is 0.102. The summed E-state index contributed by atoms with van der Waals surface area (Å²) in [5.74, 6) is 0.875. The first-order valence-corrected chi connectivity index (χ1v) is 10.0. The van der Waals surface area contributed by atoms with E-state index in [4.69, 9.17) is 14.5 Å². The van der Waals surface area contributed by atoms with Crippen molar-refractivity contribution < 1.29 is 14.3 Å². The molecule has 1 amide bonds. The number of hydrogen-bond acceptors (Lipinski definition) is 6. The van der Waals surface area contributed by atoms with Crippen LogP contribution in [-0.4, -0.2) is 30.1 Å². The summed E-state index contributed by atoms with van der Waals surface area (Å²) in [5.41, 5.74) is 4.06. The van der Waals surface area contributed by atoms with Gasteiger partial charge in [-0.05, 0) is 36.4 Å². The fourth-order valence-electron chi connectivity index (χ4n) is 2.90. The zero-order valence-corrected chi connectivity index (χ0v) is 17.3. The van der Waals surface area contributed by atoms with E-state index in [1.54, 1.807) is 56.1 Å². The van der Waals surface area contributed by atoms with Gasteiger partial charge in [0.15, 0.2) is 0 Å². The molecule has 2 aromatic carbocycles. The zero-order chi connectivity index (χ0) is 20.9. The third kappa shape index (κ3) is 4.31. The van der Waals surface area contributed by atoms with Gasteiger partial charge < -0.3 is 14.8 Å². The molecule has 2 aromatic heterocycles. The maximum atomic E-state index is 12.6. The first-order chi connectivity index (χ1) is 14.7. The van der Waals surface area contributed by atoms with Crippen LogP contribution in [-0.2, 0) is 0 Å². The van der Waals surface area contributed by atoms with Crippen LogP contribution in [0.5, 0.6) is 11.5 Å². The molecule has 0 aliphatic heterocycles. The van der Waals surface area contributed by atoms with E-state index < -0.39 is 0 Å². The van der Waals surface area contributed by atoms with E-state index in [1.807, 2.05) is 41.8 Å². The van der Waals surface area contributed by atoms with Crippen molar-refractivity contribution in [3.05, 3.63) is 77.9 Å². The van der Waals surface area contributed by atoms with E-state index in [-0.39, 0.29) is 5.91 Å². The standard InChI is InChI=1S/C23H19N3O3S/c1-28-19-11-17(12-20(13-19)29-2)22(27)25-18-5-3-15(4-6-18)21-14-30-23(26-21)16-7-9-24-10-8-16/h3-14H,1-2H3,(H,25,27). The van der Waals surface area contributed by atoms with Crippen LogP contribution in [0.15, 0.2) is 72.4 Å². The minimum Gasteiger partial charge on any atom is -0.497 e. The summed E-state index contributed by atoms with van der Waals surface area (Å²) in [6, 6.07) is 16.5. The van der Waals surface area contributed by atoms with Gasteiger partial charge in [-0.2, -0.15) is 0 Å². The Morgan fingerprint density at radius 3 is 2.20 bits per heavy atom. The van der Waals surface area contributed by atoms with Crippen molar-refractivity contribution in [3.63, 3.8) is 0 Å². The van der Waals surface area contributed by atoms with Crippen molar-refractivity contribution in [2.75, 3.05) is 19.5 Å². The Bertz CT molecular complexity index is 1140. The molecule has 150 valence electrons. The van der Waals surface area contributed by atoms with Gasteiger partial charge in [0.05, 0.1) is 19.9 Å². The minimum atomic E-state index is -0.242. The Balaban J connectivity index is 1.49. The number of amides is 1. The zero-order valence-electron chi connectivity index (χ0n) is 16.5. The molecule has 0 unspecified atom stereocenters. The number of benzene rings is 2. The molecule has 7 heteroatoms. The molecule has 2 heterocycles. The highest BCUT2D eigenvalue weighted by molar-refractivity contribution is 7.13. The van der Waals surface area contributed by atoms with Gasteiger partial charge in [0.2, 0.25) is 0 Å². The Kier molecular flexibility index (Phi) is 5.72. The molecule has 0 fully saturated rings. The van der Waals surface area contributed by atoms with Crippen LogP contribution in [0.1, 0.15) is 10.4 Å². The Hall–Kier alpha value is -3.71. The third-order valence-electron chi connectivity index (χ3n) is 4.48. The molecule has 4 aromatic rings. The summed E-state index contributed by atoms with van der Waals surface area (Å²) in [4.78, 5) is 21.4. The van der Waals surface area contributed by atoms with Crippen LogP contribution in [0.3, 0.4) is 0 Å². The second-order valence-electron chi connectivity index (χ2n) is 6.41. The molecular formula is C23H19N3O3S. The lowest BCUT2D eigenvalue weighted by atomic mass is 10.1. The number of pyridine rings is 1. The molecule has 0 atom stereocenters. The fraction of sp³-hybridized carbons (Fsp3) is 0.0870. The highest BCUT2D eigenvalue weighted by Gasteiger charge is 2.11. The van der Waals surface area contributed by atoms with E-state index in [1.165, 1.54) is 0 Å². The van der Waals surface area contributed by atoms with Crippen LogP contribution in [0.25, 0.3) is 21.8 Å². The van der Waals surface area contributed by atoms with Gasteiger partial charge >= 0.3 is 0 Å². The predicted octanol–water partition coefficient (Wildman–Crippen LogP) is 5.14. The fourth-order valence-corrected chi connectivity index (χ4v) is 3.73. The summed E-state index contributed by atoms with van der Waals surface area (Å²) in [6.07, 6.45) is 3.51. The molecule has 0 bridgehead atoms. The normalized spacial score (nSPS) is 10.5. The second kappa shape index (κ2) is 8.75. The number of thiazole rings is 1. The summed E-state index contributed by atoms with van der Waals surface area (Å²) in [5, 5.41) is 5.86. The average molecular weight is 417 g/mol. The van der Waals surface area contributed by atoms with Crippen LogP contribution >= 0.6 is 11.3 Å². The van der Waals surface area contributed by atoms with Gasteiger partial charge in [0.25, 0.3) is 5.91 Å². The van der Waals surface area contributed by atoms with Crippen molar-refractivity contribution in [2.45, 2.75) is 0 Å². The van der Waals surface area contributed by atoms with Crippen LogP contribution < -0.4 is 14.8 Å². The first-order valence-electron chi connectivity index (χ1n) is 9.17. The highest BCUT2D eigenvalue weighted by Crippen LogP contribution is 2.29. The van der Waals surface area contributed by atoms with Crippen LogP contribution in [0, 0.1) is 0 Å². The minimum absolute atomic E-state index is 0.242. The lowest BCUT2D eigenvalue weighted by Crippen LogP contribution is -2.12. The number of ether oxygens (including phenoxy) is 2. The molecule has 0 saturated carbocycles. The number of anilines is 1. The Labute approximate surface area is 178 Å². The average Bonchev–Trinajstić information content (AvgIpc) is 3.30. The van der Waals surface area contributed by atoms with E-state index in [2.05, 4.69) is 10.3 Å². The molecule has 6 nitrogen and oxygen atoms in total. The third-order valence-corrected chi connectivity index (χ3v) is 5.37. The van der Waals surface area contributed by atoms with Gasteiger partial charge in [0, 0.05) is 46.2 Å². The summed E-state index contributed by atoms with van der Waals surface area (Å²) in [6.45, 7) is 0. The number of hydrogen-bond donors (Lipinski definition) is 1. The number of carbonyl (C=O) groups is 1. The van der Waals surface area contributed by atoms with Crippen molar-refractivity contribution in [1.29, 1.82) is 0 Å². The molecule has 0 aliphatic carbocycles. The number of nitrogens with one attached hydrogen (secondary N) is 1. The van der Waals surface area contributed by atoms with Gasteiger partial charge in [-0.3, -0.25) is 9.78 Å². The SMILES string of the molecule is COc1cc(OC)cc(C(=O)Nc2ccc(-c3csc(-c4ccncc4)n3)cc2)c1. The summed E-state index contributed by atoms with van der Waals surface area (Å²) in [7, 11) is 3.10. The molecular weight excluding hydrogens is 398 g/mol. The molecule has 1 N–H and O–H groups in total. The van der Waals surface area contributed by atoms with Crippen molar-refractivity contribution in [3.8, 4) is 33.3 Å². The topological polar surface area (TPSA) is 73.3 Å². The van der Waals surface area contributed by atoms with Crippen molar-refractivity contribution in [1.82, 2.24) is 9.97 Å². The predicted molar refractivity (Wildman–Crippen MR) is 118 cm³/mol. The van der Waals surface area contributed by atoms with Crippen LogP contribution in [0.4, 0.5) is 5.69 Å². The number of aromatic nitrogens is 2. The van der Waals surface area contributed by atoms with Gasteiger partial charge in [-0.25, -0.2) is 4.98 Å². The Morgan fingerprint density at radius 1 is 0.900 bits per heavy atom. The molecule has 0 radical (unpaired) electrons. The van der Waals surface area contributed by atoms with Crippen molar-refractivity contribution in [2.24, 2.45) is 0 Å². The molecule has 0 spiro atoms. The smallest absolute Gasteiger partial charge is 0.255 e. The van der Waals surface area contributed by atoms with Gasteiger partial charge in [0.1, 0.15) is 16.5 Å². The largest absolute Gasteiger partial charge is 0.497 e. The second-order valence-corrected chi connectivity index (χ2v) is 7.26. The van der Waals surface area contributed by atoms with E-state index in [0.29, 0.717) is 22.7 Å². The highest BCUT2D eigenvalue weighted by atomic mass is 32.1. The number of carbonyl (C=O) groups excluding carboxylic acids is 1. The Morgan fingerprint density at radius 2 is 1.57 bits per heavy atom. The van der Waals surface area contributed by atoms with Gasteiger partial charge in [-0.15, -0.1) is 11.3 Å².